The van der Waals surface area contributed by atoms with Gasteiger partial charge in [-0.15, -0.1) is 11.8 Å². The fourth-order valence-electron chi connectivity index (χ4n) is 1.85. The molecule has 19 heavy (non-hydrogen) atoms. The Balaban J connectivity index is 1.89. The Hall–Kier alpha value is -1.27. The van der Waals surface area contributed by atoms with Crippen molar-refractivity contribution in [2.24, 2.45) is 0 Å². The molecule has 2 aromatic rings. The SMILES string of the molecule is O=c1[nH]c(C2CSc3ccccc3O2)ncc1CBr. The van der Waals surface area contributed by atoms with E-state index in [2.05, 4.69) is 25.9 Å². The van der Waals surface area contributed by atoms with E-state index in [4.69, 9.17) is 4.74 Å². The van der Waals surface area contributed by atoms with Crippen molar-refractivity contribution >= 4 is 27.7 Å². The second-order valence-corrected chi connectivity index (χ2v) is 5.74. The zero-order valence-corrected chi connectivity index (χ0v) is 12.3. The lowest BCUT2D eigenvalue weighted by molar-refractivity contribution is 0.210. The Morgan fingerprint density at radius 2 is 2.32 bits per heavy atom. The highest BCUT2D eigenvalue weighted by molar-refractivity contribution is 9.08. The van der Waals surface area contributed by atoms with Gasteiger partial charge in [-0.3, -0.25) is 4.79 Å². The molecule has 0 saturated heterocycles. The minimum Gasteiger partial charge on any atom is -0.480 e. The first kappa shape index (κ1) is 12.7. The Bertz CT molecular complexity index is 659. The number of H-pyrrole nitrogens is 1. The zero-order valence-electron chi connectivity index (χ0n) is 9.93. The van der Waals surface area contributed by atoms with E-state index in [-0.39, 0.29) is 11.7 Å². The van der Waals surface area contributed by atoms with E-state index >= 15 is 0 Å². The second kappa shape index (κ2) is 5.38. The number of nitrogens with one attached hydrogen (secondary N) is 1. The molecule has 1 aromatic heterocycles. The predicted octanol–water partition coefficient (Wildman–Crippen LogP) is 2.89. The number of benzene rings is 1. The highest BCUT2D eigenvalue weighted by atomic mass is 79.9. The fourth-order valence-corrected chi connectivity index (χ4v) is 3.24. The summed E-state index contributed by atoms with van der Waals surface area (Å²) in [6.45, 7) is 0. The molecular formula is C13H11BrN2O2S. The van der Waals surface area contributed by atoms with Crippen molar-refractivity contribution in [2.45, 2.75) is 16.3 Å². The normalized spacial score (nSPS) is 17.6. The average molecular weight is 339 g/mol. The van der Waals surface area contributed by atoms with Gasteiger partial charge in [0.15, 0.2) is 11.9 Å². The van der Waals surface area contributed by atoms with Crippen molar-refractivity contribution in [1.82, 2.24) is 9.97 Å². The maximum atomic E-state index is 11.8. The summed E-state index contributed by atoms with van der Waals surface area (Å²) in [7, 11) is 0. The van der Waals surface area contributed by atoms with E-state index in [1.165, 1.54) is 0 Å². The number of aromatic amines is 1. The Morgan fingerprint density at radius 3 is 3.11 bits per heavy atom. The summed E-state index contributed by atoms with van der Waals surface area (Å²) in [5.41, 5.74) is 0.502. The molecule has 3 rings (SSSR count). The molecule has 1 aromatic carbocycles. The minimum atomic E-state index is -0.211. The smallest absolute Gasteiger partial charge is 0.255 e. The number of fused-ring (bicyclic) bond motifs is 1. The van der Waals surface area contributed by atoms with E-state index in [0.29, 0.717) is 16.7 Å². The van der Waals surface area contributed by atoms with Gasteiger partial charge in [0.05, 0.1) is 0 Å². The molecule has 1 N–H and O–H groups in total. The van der Waals surface area contributed by atoms with Gasteiger partial charge < -0.3 is 9.72 Å². The van der Waals surface area contributed by atoms with Gasteiger partial charge in [0, 0.05) is 27.7 Å². The lowest BCUT2D eigenvalue weighted by Crippen LogP contribution is -2.23. The summed E-state index contributed by atoms with van der Waals surface area (Å²) in [6.07, 6.45) is 1.38. The van der Waals surface area contributed by atoms with Gasteiger partial charge in [0.25, 0.3) is 5.56 Å². The third-order valence-corrected chi connectivity index (χ3v) is 4.57. The average Bonchev–Trinajstić information content (AvgIpc) is 2.46. The fraction of sp³-hybridized carbons (Fsp3) is 0.231. The number of thioether (sulfide) groups is 1. The number of halogens is 1. The van der Waals surface area contributed by atoms with Crippen LogP contribution in [0.3, 0.4) is 0 Å². The van der Waals surface area contributed by atoms with Crippen molar-refractivity contribution in [3.05, 3.63) is 52.2 Å². The quantitative estimate of drug-likeness (QED) is 0.855. The van der Waals surface area contributed by atoms with Gasteiger partial charge >= 0.3 is 0 Å². The lowest BCUT2D eigenvalue weighted by Gasteiger charge is -2.24. The lowest BCUT2D eigenvalue weighted by atomic mass is 10.3. The van der Waals surface area contributed by atoms with Gasteiger partial charge in [-0.1, -0.05) is 28.1 Å². The third kappa shape index (κ3) is 2.55. The van der Waals surface area contributed by atoms with Crippen molar-refractivity contribution in [3.8, 4) is 5.75 Å². The van der Waals surface area contributed by atoms with E-state index in [1.54, 1.807) is 18.0 Å². The molecule has 98 valence electrons. The molecule has 0 saturated carbocycles. The van der Waals surface area contributed by atoms with Gasteiger partial charge in [-0.25, -0.2) is 4.98 Å². The summed E-state index contributed by atoms with van der Waals surface area (Å²) in [5, 5.41) is 0.499. The zero-order chi connectivity index (χ0) is 13.2. The molecule has 0 amide bonds. The number of hydrogen-bond acceptors (Lipinski definition) is 4. The van der Waals surface area contributed by atoms with Crippen molar-refractivity contribution in [1.29, 1.82) is 0 Å². The molecule has 0 aliphatic carbocycles. The van der Waals surface area contributed by atoms with Crippen LogP contribution in [0.15, 0.2) is 40.2 Å². The largest absolute Gasteiger partial charge is 0.480 e. The summed E-state index contributed by atoms with van der Waals surface area (Å²) < 4.78 is 5.88. The molecule has 1 aliphatic heterocycles. The van der Waals surface area contributed by atoms with Gasteiger partial charge in [-0.05, 0) is 12.1 Å². The Labute approximate surface area is 122 Å². The molecular weight excluding hydrogens is 328 g/mol. The number of hydrogen-bond donors (Lipinski definition) is 1. The molecule has 1 atom stereocenters. The van der Waals surface area contributed by atoms with Crippen LogP contribution in [0.5, 0.6) is 5.75 Å². The van der Waals surface area contributed by atoms with E-state index in [9.17, 15) is 4.79 Å². The summed E-state index contributed by atoms with van der Waals surface area (Å²) in [4.78, 5) is 20.0. The first-order valence-corrected chi connectivity index (χ1v) is 7.91. The Kier molecular flexibility index (Phi) is 3.61. The minimum absolute atomic E-state index is 0.116. The van der Waals surface area contributed by atoms with Crippen molar-refractivity contribution in [3.63, 3.8) is 0 Å². The number of aromatic nitrogens is 2. The number of ether oxygens (including phenoxy) is 1. The van der Waals surface area contributed by atoms with Gasteiger partial charge in [-0.2, -0.15) is 0 Å². The Morgan fingerprint density at radius 1 is 1.47 bits per heavy atom. The monoisotopic (exact) mass is 338 g/mol. The van der Waals surface area contributed by atoms with Crippen LogP contribution in [0.25, 0.3) is 0 Å². The second-order valence-electron chi connectivity index (χ2n) is 4.12. The standard InChI is InChI=1S/C13H11BrN2O2S/c14-5-8-6-15-12(16-13(8)17)10-7-19-11-4-2-1-3-9(11)18-10/h1-4,6,10H,5,7H2,(H,15,16,17). The van der Waals surface area contributed by atoms with Crippen molar-refractivity contribution in [2.75, 3.05) is 5.75 Å². The predicted molar refractivity (Wildman–Crippen MR) is 78.0 cm³/mol. The number of rotatable bonds is 2. The van der Waals surface area contributed by atoms with E-state index in [1.807, 2.05) is 24.3 Å². The molecule has 1 aliphatic rings. The van der Waals surface area contributed by atoms with Crippen LogP contribution < -0.4 is 10.3 Å². The highest BCUT2D eigenvalue weighted by Crippen LogP contribution is 2.39. The van der Waals surface area contributed by atoms with Crippen LogP contribution in [0.4, 0.5) is 0 Å². The van der Waals surface area contributed by atoms with Crippen LogP contribution in [0.1, 0.15) is 17.5 Å². The molecule has 0 spiro atoms. The molecule has 1 unspecified atom stereocenters. The van der Waals surface area contributed by atoms with Gasteiger partial charge in [0.1, 0.15) is 5.75 Å². The first-order valence-electron chi connectivity index (χ1n) is 5.80. The first-order chi connectivity index (χ1) is 9.28. The summed E-state index contributed by atoms with van der Waals surface area (Å²) in [5.74, 6) is 2.17. The number of alkyl halides is 1. The third-order valence-electron chi connectivity index (χ3n) is 2.85. The van der Waals surface area contributed by atoms with Crippen LogP contribution in [-0.4, -0.2) is 15.7 Å². The number of nitrogens with zero attached hydrogens (tertiary/aromatic N) is 1. The maximum Gasteiger partial charge on any atom is 0.255 e. The van der Waals surface area contributed by atoms with Crippen LogP contribution in [0.2, 0.25) is 0 Å². The van der Waals surface area contributed by atoms with E-state index in [0.717, 1.165) is 16.4 Å². The summed E-state index contributed by atoms with van der Waals surface area (Å²) >= 11 is 4.97. The number of para-hydroxylation sites is 1. The van der Waals surface area contributed by atoms with E-state index < -0.39 is 0 Å². The molecule has 0 radical (unpaired) electrons. The topological polar surface area (TPSA) is 55.0 Å². The van der Waals surface area contributed by atoms with Crippen LogP contribution >= 0.6 is 27.7 Å². The van der Waals surface area contributed by atoms with Crippen LogP contribution in [-0.2, 0) is 5.33 Å². The van der Waals surface area contributed by atoms with Gasteiger partial charge in [0.2, 0.25) is 0 Å². The highest BCUT2D eigenvalue weighted by Gasteiger charge is 2.23. The molecule has 0 bridgehead atoms. The summed E-state index contributed by atoms with van der Waals surface area (Å²) in [6, 6.07) is 7.88. The van der Waals surface area contributed by atoms with Crippen LogP contribution in [0, 0.1) is 0 Å². The van der Waals surface area contributed by atoms with Crippen molar-refractivity contribution < 1.29 is 4.74 Å². The molecule has 0 fully saturated rings. The molecule has 4 nitrogen and oxygen atoms in total. The molecule has 6 heteroatoms. The maximum absolute atomic E-state index is 11.8. The molecule has 2 heterocycles.